The summed E-state index contributed by atoms with van der Waals surface area (Å²) in [5.41, 5.74) is 3.41. The number of rotatable bonds is 2. The van der Waals surface area contributed by atoms with Crippen molar-refractivity contribution in [1.29, 1.82) is 0 Å². The Morgan fingerprint density at radius 3 is 2.59 bits per heavy atom. The van der Waals surface area contributed by atoms with Crippen molar-refractivity contribution in [2.24, 2.45) is 0 Å². The van der Waals surface area contributed by atoms with Crippen LogP contribution < -0.4 is 9.80 Å². The van der Waals surface area contributed by atoms with E-state index in [0.717, 1.165) is 33.4 Å². The van der Waals surface area contributed by atoms with E-state index in [1.807, 2.05) is 30.9 Å². The third-order valence-electron chi connectivity index (χ3n) is 5.18. The molecule has 0 aliphatic carbocycles. The molecule has 5 rings (SSSR count). The van der Waals surface area contributed by atoms with E-state index >= 15 is 0 Å². The number of fused-ring (bicyclic) bond motifs is 4. The number of furan rings is 1. The van der Waals surface area contributed by atoms with Crippen LogP contribution in [-0.2, 0) is 0 Å². The highest BCUT2D eigenvalue weighted by atomic mass is 16.3. The van der Waals surface area contributed by atoms with E-state index in [-0.39, 0.29) is 6.17 Å². The van der Waals surface area contributed by atoms with Gasteiger partial charge in [-0.05, 0) is 45.4 Å². The first-order valence-corrected chi connectivity index (χ1v) is 9.04. The second kappa shape index (κ2) is 5.67. The zero-order valence-corrected chi connectivity index (χ0v) is 15.8. The van der Waals surface area contributed by atoms with Gasteiger partial charge in [0.2, 0.25) is 5.71 Å². The molecule has 0 fully saturated rings. The number of anilines is 3. The number of aryl methyl sites for hydroxylation is 1. The van der Waals surface area contributed by atoms with Gasteiger partial charge in [-0.25, -0.2) is 15.0 Å². The van der Waals surface area contributed by atoms with Crippen molar-refractivity contribution < 1.29 is 5.79 Å². The van der Waals surface area contributed by atoms with Gasteiger partial charge in [-0.15, -0.1) is 0 Å². The fourth-order valence-corrected chi connectivity index (χ4v) is 4.07. The summed E-state index contributed by atoms with van der Waals surface area (Å²) in [6, 6.07) is 7.26. The summed E-state index contributed by atoms with van der Waals surface area (Å²) in [5.74, 6) is 1.44. The van der Waals surface area contributed by atoms with Crippen molar-refractivity contribution in [3.63, 3.8) is 0 Å². The molecular formula is C21H21N5O. The van der Waals surface area contributed by atoms with Crippen LogP contribution in [-0.4, -0.2) is 27.1 Å². The molecule has 6 nitrogen and oxygen atoms in total. The zero-order valence-electron chi connectivity index (χ0n) is 16.8. The Morgan fingerprint density at radius 1 is 1.04 bits per heavy atom. The van der Waals surface area contributed by atoms with E-state index in [2.05, 4.69) is 45.8 Å². The minimum Gasteiger partial charge on any atom is -0.435 e. The Morgan fingerprint density at radius 2 is 1.81 bits per heavy atom. The standard InChI is InChI=1S/C21H21N5O/c1-12(2)25-14(4)26(20-19(25)22-10-11-23-20)17-13(3)7-8-15-16-6-5-9-24-21(16)27-18(15)17/h5-12,14H,1-4H3/t14-/m0/s1/i12D. The zero-order chi connectivity index (χ0) is 19.6. The van der Waals surface area contributed by atoms with Crippen LogP contribution in [0.15, 0.2) is 47.3 Å². The SMILES string of the molecule is [2H]C(C)(C)N1c2nccnc2N(c2c(C)ccc3c2oc2ncccc23)[C@H]1C. The Balaban J connectivity index is 1.82. The van der Waals surface area contributed by atoms with Crippen LogP contribution in [0.5, 0.6) is 0 Å². The Bertz CT molecular complexity index is 1210. The van der Waals surface area contributed by atoms with Gasteiger partial charge in [-0.2, -0.15) is 0 Å². The summed E-state index contributed by atoms with van der Waals surface area (Å²) < 4.78 is 14.8. The van der Waals surface area contributed by atoms with Crippen LogP contribution in [0.1, 0.15) is 27.7 Å². The topological polar surface area (TPSA) is 58.3 Å². The van der Waals surface area contributed by atoms with Crippen molar-refractivity contribution >= 4 is 39.4 Å². The molecule has 0 radical (unpaired) electrons. The van der Waals surface area contributed by atoms with Gasteiger partial charge in [0.15, 0.2) is 17.2 Å². The lowest BCUT2D eigenvalue weighted by Crippen LogP contribution is -2.42. The summed E-state index contributed by atoms with van der Waals surface area (Å²) in [7, 11) is 0. The van der Waals surface area contributed by atoms with Crippen molar-refractivity contribution in [1.82, 2.24) is 15.0 Å². The number of hydrogen-bond acceptors (Lipinski definition) is 6. The Hall–Kier alpha value is -3.15. The van der Waals surface area contributed by atoms with Crippen molar-refractivity contribution in [3.8, 4) is 0 Å². The summed E-state index contributed by atoms with van der Waals surface area (Å²) in [6.45, 7) is 7.86. The van der Waals surface area contributed by atoms with Gasteiger partial charge in [0.1, 0.15) is 6.17 Å². The third kappa shape index (κ3) is 2.16. The molecule has 1 aromatic carbocycles. The van der Waals surface area contributed by atoms with Crippen molar-refractivity contribution in [3.05, 3.63) is 48.4 Å². The molecule has 0 unspecified atom stereocenters. The van der Waals surface area contributed by atoms with Crippen LogP contribution in [0.25, 0.3) is 22.1 Å². The molecule has 0 saturated heterocycles. The van der Waals surface area contributed by atoms with Crippen LogP contribution >= 0.6 is 0 Å². The van der Waals surface area contributed by atoms with Gasteiger partial charge in [0.05, 0.1) is 7.06 Å². The molecule has 1 aliphatic heterocycles. The second-order valence-corrected chi connectivity index (χ2v) is 7.09. The maximum absolute atomic E-state index is 8.65. The maximum Gasteiger partial charge on any atom is 0.227 e. The van der Waals surface area contributed by atoms with Gasteiger partial charge >= 0.3 is 0 Å². The van der Waals surface area contributed by atoms with E-state index in [4.69, 9.17) is 5.79 Å². The quantitative estimate of drug-likeness (QED) is 0.512. The van der Waals surface area contributed by atoms with Crippen molar-refractivity contribution in [2.45, 2.75) is 39.9 Å². The summed E-state index contributed by atoms with van der Waals surface area (Å²) in [6.07, 6.45) is 4.96. The summed E-state index contributed by atoms with van der Waals surface area (Å²) in [5, 5.41) is 2.01. The number of benzene rings is 1. The minimum atomic E-state index is -0.851. The Kier molecular flexibility index (Phi) is 3.14. The van der Waals surface area contributed by atoms with E-state index in [9.17, 15) is 0 Å². The predicted molar refractivity (Wildman–Crippen MR) is 108 cm³/mol. The van der Waals surface area contributed by atoms with Gasteiger partial charge in [0, 0.05) is 35.4 Å². The first kappa shape index (κ1) is 15.0. The fourth-order valence-electron chi connectivity index (χ4n) is 4.07. The highest BCUT2D eigenvalue weighted by Gasteiger charge is 2.39. The molecule has 1 aliphatic rings. The molecular weight excluding hydrogens is 338 g/mol. The van der Waals surface area contributed by atoms with Crippen LogP contribution in [0.2, 0.25) is 0 Å². The van der Waals surface area contributed by atoms with Crippen molar-refractivity contribution in [2.75, 3.05) is 9.80 Å². The summed E-state index contributed by atoms with van der Waals surface area (Å²) in [4.78, 5) is 17.6. The largest absolute Gasteiger partial charge is 0.435 e. The molecule has 3 aromatic heterocycles. The van der Waals surface area contributed by atoms with Gasteiger partial charge in [0.25, 0.3) is 0 Å². The molecule has 27 heavy (non-hydrogen) atoms. The average molecular weight is 360 g/mol. The molecule has 0 amide bonds. The van der Waals surface area contributed by atoms with Gasteiger partial charge in [-0.1, -0.05) is 12.1 Å². The van der Waals surface area contributed by atoms with E-state index < -0.39 is 6.02 Å². The van der Waals surface area contributed by atoms with Gasteiger partial charge < -0.3 is 9.32 Å². The lowest BCUT2D eigenvalue weighted by atomic mass is 10.1. The predicted octanol–water partition coefficient (Wildman–Crippen LogP) is 4.79. The number of hydrogen-bond donors (Lipinski definition) is 0. The Labute approximate surface area is 158 Å². The molecule has 0 saturated carbocycles. The van der Waals surface area contributed by atoms with Crippen LogP contribution in [0, 0.1) is 6.92 Å². The highest BCUT2D eigenvalue weighted by Crippen LogP contribution is 2.46. The molecule has 0 spiro atoms. The lowest BCUT2D eigenvalue weighted by Gasteiger charge is -2.32. The lowest BCUT2D eigenvalue weighted by molar-refractivity contribution is 0.597. The molecule has 0 bridgehead atoms. The van der Waals surface area contributed by atoms with E-state index in [1.54, 1.807) is 18.6 Å². The fraction of sp³-hybridized carbons (Fsp3) is 0.286. The highest BCUT2D eigenvalue weighted by molar-refractivity contribution is 6.09. The number of aromatic nitrogens is 3. The van der Waals surface area contributed by atoms with Crippen LogP contribution in [0.3, 0.4) is 0 Å². The molecule has 4 aromatic rings. The molecule has 6 heteroatoms. The minimum absolute atomic E-state index is 0.143. The molecule has 0 N–H and O–H groups in total. The number of pyridine rings is 1. The molecule has 136 valence electrons. The smallest absolute Gasteiger partial charge is 0.227 e. The average Bonchev–Trinajstić information content (AvgIpc) is 3.16. The van der Waals surface area contributed by atoms with Gasteiger partial charge in [-0.3, -0.25) is 4.90 Å². The van der Waals surface area contributed by atoms with E-state index in [1.165, 1.54) is 0 Å². The molecule has 4 heterocycles. The maximum atomic E-state index is 8.65. The monoisotopic (exact) mass is 360 g/mol. The third-order valence-corrected chi connectivity index (χ3v) is 5.18. The first-order chi connectivity index (χ1) is 13.4. The van der Waals surface area contributed by atoms with E-state index in [0.29, 0.717) is 11.5 Å². The molecule has 1 atom stereocenters. The second-order valence-electron chi connectivity index (χ2n) is 7.09. The number of nitrogens with zero attached hydrogens (tertiary/aromatic N) is 5. The summed E-state index contributed by atoms with van der Waals surface area (Å²) >= 11 is 0. The van der Waals surface area contributed by atoms with Crippen LogP contribution in [0.4, 0.5) is 17.3 Å². The first-order valence-electron chi connectivity index (χ1n) is 9.54. The normalized spacial score (nSPS) is 17.6.